The van der Waals surface area contributed by atoms with Gasteiger partial charge in [-0.25, -0.2) is 4.39 Å². The molecule has 96 valence electrons. The second-order valence-corrected chi connectivity index (χ2v) is 4.55. The molecule has 1 aliphatic rings. The van der Waals surface area contributed by atoms with Crippen molar-refractivity contribution < 1.29 is 9.13 Å². The normalized spacial score (nSPS) is 22.7. The molecule has 3 nitrogen and oxygen atoms in total. The topological polar surface area (TPSA) is 45.0 Å². The highest BCUT2D eigenvalue weighted by Gasteiger charge is 2.26. The van der Waals surface area contributed by atoms with Crippen LogP contribution in [0.5, 0.6) is 0 Å². The van der Waals surface area contributed by atoms with Gasteiger partial charge in [0.1, 0.15) is 5.82 Å². The summed E-state index contributed by atoms with van der Waals surface area (Å²) in [6.45, 7) is 3.60. The van der Waals surface area contributed by atoms with Crippen molar-refractivity contribution in [1.29, 1.82) is 5.26 Å². The molecule has 0 bridgehead atoms. The highest BCUT2D eigenvalue weighted by atomic mass is 19.1. The van der Waals surface area contributed by atoms with Gasteiger partial charge in [-0.05, 0) is 31.0 Å². The van der Waals surface area contributed by atoms with Crippen molar-refractivity contribution in [3.63, 3.8) is 0 Å². The van der Waals surface area contributed by atoms with Gasteiger partial charge in [-0.2, -0.15) is 5.26 Å². The zero-order valence-corrected chi connectivity index (χ0v) is 10.4. The molecule has 1 aromatic carbocycles. The molecule has 2 atom stereocenters. The largest absolute Gasteiger partial charge is 0.382 e. The predicted octanol–water partition coefficient (Wildman–Crippen LogP) is 2.92. The van der Waals surface area contributed by atoms with E-state index in [1.54, 1.807) is 12.1 Å². The van der Waals surface area contributed by atoms with Gasteiger partial charge in [0.05, 0.1) is 23.4 Å². The molecule has 1 saturated heterocycles. The van der Waals surface area contributed by atoms with Crippen LogP contribution in [0, 0.1) is 23.1 Å². The van der Waals surface area contributed by atoms with Gasteiger partial charge in [0.25, 0.3) is 0 Å². The summed E-state index contributed by atoms with van der Waals surface area (Å²) in [5, 5.41) is 11.8. The molecular formula is C14H17FN2O. The van der Waals surface area contributed by atoms with E-state index in [1.165, 1.54) is 6.07 Å². The lowest BCUT2D eigenvalue weighted by Gasteiger charge is -2.18. The number of benzene rings is 1. The lowest BCUT2D eigenvalue weighted by atomic mass is 9.99. The highest BCUT2D eigenvalue weighted by Crippen LogP contribution is 2.24. The van der Waals surface area contributed by atoms with Crippen LogP contribution in [-0.4, -0.2) is 19.3 Å². The van der Waals surface area contributed by atoms with Crippen molar-refractivity contribution in [3.8, 4) is 6.07 Å². The number of ether oxygens (including phenoxy) is 1. The van der Waals surface area contributed by atoms with Crippen molar-refractivity contribution in [2.24, 2.45) is 5.92 Å². The molecule has 0 amide bonds. The van der Waals surface area contributed by atoms with E-state index in [0.717, 1.165) is 19.4 Å². The minimum atomic E-state index is -0.374. The van der Waals surface area contributed by atoms with E-state index >= 15 is 0 Å². The van der Waals surface area contributed by atoms with Gasteiger partial charge < -0.3 is 10.1 Å². The Hall–Kier alpha value is -1.60. The summed E-state index contributed by atoms with van der Waals surface area (Å²) in [5.41, 5.74) is 0.796. The van der Waals surface area contributed by atoms with Crippen molar-refractivity contribution >= 4 is 5.69 Å². The smallest absolute Gasteiger partial charge is 0.147 e. The number of anilines is 1. The fourth-order valence-corrected chi connectivity index (χ4v) is 2.35. The minimum absolute atomic E-state index is 0.277. The van der Waals surface area contributed by atoms with Crippen LogP contribution in [0.2, 0.25) is 0 Å². The summed E-state index contributed by atoms with van der Waals surface area (Å²) in [5.74, 6) is 0.0612. The van der Waals surface area contributed by atoms with Crippen LogP contribution in [-0.2, 0) is 4.74 Å². The van der Waals surface area contributed by atoms with E-state index in [1.807, 2.05) is 6.07 Å². The highest BCUT2D eigenvalue weighted by molar-refractivity contribution is 5.48. The monoisotopic (exact) mass is 248 g/mol. The summed E-state index contributed by atoms with van der Waals surface area (Å²) < 4.78 is 19.2. The second kappa shape index (κ2) is 5.83. The average molecular weight is 248 g/mol. The lowest BCUT2D eigenvalue weighted by molar-refractivity contribution is 0.0900. The lowest BCUT2D eigenvalue weighted by Crippen LogP contribution is -2.23. The van der Waals surface area contributed by atoms with E-state index in [4.69, 9.17) is 10.00 Å². The second-order valence-electron chi connectivity index (χ2n) is 4.55. The number of hydrogen-bond donors (Lipinski definition) is 1. The summed E-state index contributed by atoms with van der Waals surface area (Å²) in [4.78, 5) is 0. The fraction of sp³-hybridized carbons (Fsp3) is 0.500. The average Bonchev–Trinajstić information content (AvgIpc) is 2.84. The van der Waals surface area contributed by atoms with Crippen LogP contribution in [0.25, 0.3) is 0 Å². The third-order valence-electron chi connectivity index (χ3n) is 3.40. The van der Waals surface area contributed by atoms with Crippen molar-refractivity contribution in [3.05, 3.63) is 29.6 Å². The number of nitriles is 1. The van der Waals surface area contributed by atoms with E-state index in [2.05, 4.69) is 12.2 Å². The maximum absolute atomic E-state index is 13.6. The van der Waals surface area contributed by atoms with E-state index in [0.29, 0.717) is 23.7 Å². The standard InChI is InChI=1S/C14H17FN2O/c1-2-14-11(5-6-18-14)9-17-13-4-3-10(8-16)7-12(13)15/h3-4,7,11,14,17H,2,5-6,9H2,1H3. The molecule has 1 aliphatic heterocycles. The SMILES string of the molecule is CCC1OCCC1CNc1ccc(C#N)cc1F. The number of hydrogen-bond acceptors (Lipinski definition) is 3. The fourth-order valence-electron chi connectivity index (χ4n) is 2.35. The van der Waals surface area contributed by atoms with Gasteiger partial charge in [-0.3, -0.25) is 0 Å². The first-order chi connectivity index (χ1) is 8.74. The van der Waals surface area contributed by atoms with E-state index in [9.17, 15) is 4.39 Å². The van der Waals surface area contributed by atoms with Crippen LogP contribution in [0.1, 0.15) is 25.3 Å². The summed E-state index contributed by atoms with van der Waals surface area (Å²) >= 11 is 0. The molecule has 1 N–H and O–H groups in total. The number of halogens is 1. The van der Waals surface area contributed by atoms with Crippen molar-refractivity contribution in [2.45, 2.75) is 25.9 Å². The molecule has 1 heterocycles. The molecule has 0 spiro atoms. The molecule has 0 radical (unpaired) electrons. The third-order valence-corrected chi connectivity index (χ3v) is 3.40. The maximum Gasteiger partial charge on any atom is 0.147 e. The van der Waals surface area contributed by atoms with Gasteiger partial charge in [-0.15, -0.1) is 0 Å². The third kappa shape index (κ3) is 2.80. The van der Waals surface area contributed by atoms with Crippen LogP contribution in [0.4, 0.5) is 10.1 Å². The molecule has 2 unspecified atom stereocenters. The minimum Gasteiger partial charge on any atom is -0.382 e. The van der Waals surface area contributed by atoms with Crippen LogP contribution >= 0.6 is 0 Å². The quantitative estimate of drug-likeness (QED) is 0.891. The zero-order valence-electron chi connectivity index (χ0n) is 10.4. The Morgan fingerprint density at radius 1 is 1.56 bits per heavy atom. The van der Waals surface area contributed by atoms with Gasteiger partial charge in [-0.1, -0.05) is 6.92 Å². The van der Waals surface area contributed by atoms with Gasteiger partial charge >= 0.3 is 0 Å². The first kappa shape index (κ1) is 12.8. The Morgan fingerprint density at radius 2 is 2.39 bits per heavy atom. The van der Waals surface area contributed by atoms with E-state index in [-0.39, 0.29) is 11.9 Å². The van der Waals surface area contributed by atoms with Gasteiger partial charge in [0.2, 0.25) is 0 Å². The van der Waals surface area contributed by atoms with E-state index < -0.39 is 0 Å². The summed E-state index contributed by atoms with van der Waals surface area (Å²) in [6, 6.07) is 6.41. The summed E-state index contributed by atoms with van der Waals surface area (Å²) in [7, 11) is 0. The first-order valence-electron chi connectivity index (χ1n) is 6.29. The molecule has 0 aliphatic carbocycles. The molecule has 1 fully saturated rings. The van der Waals surface area contributed by atoms with Crippen LogP contribution in [0.15, 0.2) is 18.2 Å². The Morgan fingerprint density at radius 3 is 3.06 bits per heavy atom. The number of nitrogens with zero attached hydrogens (tertiary/aromatic N) is 1. The zero-order chi connectivity index (χ0) is 13.0. The molecule has 1 aromatic rings. The number of nitrogens with one attached hydrogen (secondary N) is 1. The Labute approximate surface area is 107 Å². The molecular weight excluding hydrogens is 231 g/mol. The molecule has 4 heteroatoms. The Bertz CT molecular complexity index is 456. The van der Waals surface area contributed by atoms with Gasteiger partial charge in [0, 0.05) is 19.1 Å². The predicted molar refractivity (Wildman–Crippen MR) is 67.7 cm³/mol. The Kier molecular flexibility index (Phi) is 4.16. The van der Waals surface area contributed by atoms with Crippen molar-refractivity contribution in [1.82, 2.24) is 0 Å². The first-order valence-corrected chi connectivity index (χ1v) is 6.29. The summed E-state index contributed by atoms with van der Waals surface area (Å²) in [6.07, 6.45) is 2.28. The van der Waals surface area contributed by atoms with Crippen molar-refractivity contribution in [2.75, 3.05) is 18.5 Å². The maximum atomic E-state index is 13.6. The van der Waals surface area contributed by atoms with Crippen LogP contribution < -0.4 is 5.32 Å². The number of rotatable bonds is 4. The Balaban J connectivity index is 1.96. The molecule has 0 saturated carbocycles. The van der Waals surface area contributed by atoms with Gasteiger partial charge in [0.15, 0.2) is 0 Å². The molecule has 0 aromatic heterocycles. The molecule has 18 heavy (non-hydrogen) atoms. The molecule has 2 rings (SSSR count). The van der Waals surface area contributed by atoms with Crippen LogP contribution in [0.3, 0.4) is 0 Å².